The summed E-state index contributed by atoms with van der Waals surface area (Å²) in [6.45, 7) is 3.27. The number of hydrogen-bond donors (Lipinski definition) is 1. The number of likely N-dealkylation sites (tertiary alicyclic amines) is 1. The molecule has 0 spiro atoms. The predicted molar refractivity (Wildman–Crippen MR) is 108 cm³/mol. The van der Waals surface area contributed by atoms with Gasteiger partial charge in [-0.1, -0.05) is 6.07 Å². The smallest absolute Gasteiger partial charge is 0.269 e. The molecule has 1 heterocycles. The van der Waals surface area contributed by atoms with Crippen molar-refractivity contribution < 1.29 is 14.4 Å². The number of nitro groups is 1. The van der Waals surface area contributed by atoms with Crippen LogP contribution < -0.4 is 14.8 Å². The maximum atomic E-state index is 10.7. The summed E-state index contributed by atoms with van der Waals surface area (Å²) in [7, 11) is 3.80. The Hall–Kier alpha value is -2.64. The monoisotopic (exact) mass is 385 g/mol. The van der Waals surface area contributed by atoms with Gasteiger partial charge in [0.05, 0.1) is 12.0 Å². The van der Waals surface area contributed by atoms with E-state index in [2.05, 4.69) is 17.3 Å². The zero-order chi connectivity index (χ0) is 19.9. The van der Waals surface area contributed by atoms with Gasteiger partial charge in [-0.3, -0.25) is 10.1 Å². The van der Waals surface area contributed by atoms with Crippen LogP contribution in [-0.4, -0.2) is 43.1 Å². The molecule has 7 heteroatoms. The van der Waals surface area contributed by atoms with Crippen molar-refractivity contribution in [3.63, 3.8) is 0 Å². The SMILES string of the molecule is COc1cc(CNCC2CCCN2C)ccc1OCc1ccc([N+](=O)[O-])cc1. The van der Waals surface area contributed by atoms with Crippen LogP contribution in [0.3, 0.4) is 0 Å². The van der Waals surface area contributed by atoms with E-state index < -0.39 is 4.92 Å². The fourth-order valence-electron chi connectivity index (χ4n) is 3.44. The topological polar surface area (TPSA) is 76.9 Å². The molecule has 150 valence electrons. The van der Waals surface area contributed by atoms with Crippen LogP contribution in [0.25, 0.3) is 0 Å². The molecule has 0 saturated carbocycles. The Morgan fingerprint density at radius 2 is 1.93 bits per heavy atom. The van der Waals surface area contributed by atoms with Gasteiger partial charge in [-0.15, -0.1) is 0 Å². The standard InChI is InChI=1S/C21H27N3O4/c1-23-11-3-4-19(23)14-22-13-17-7-10-20(21(12-17)27-2)28-15-16-5-8-18(9-6-16)24(25)26/h5-10,12,19,22H,3-4,11,13-15H2,1-2H3. The third-order valence-corrected chi connectivity index (χ3v) is 5.15. The van der Waals surface area contributed by atoms with Crippen molar-refractivity contribution in [3.8, 4) is 11.5 Å². The molecule has 28 heavy (non-hydrogen) atoms. The van der Waals surface area contributed by atoms with Crippen LogP contribution in [0.4, 0.5) is 5.69 Å². The van der Waals surface area contributed by atoms with Gasteiger partial charge in [0.25, 0.3) is 5.69 Å². The average Bonchev–Trinajstić information content (AvgIpc) is 3.12. The zero-order valence-corrected chi connectivity index (χ0v) is 16.4. The van der Waals surface area contributed by atoms with Crippen molar-refractivity contribution >= 4 is 5.69 Å². The van der Waals surface area contributed by atoms with Crippen LogP contribution in [0.2, 0.25) is 0 Å². The second-order valence-corrected chi connectivity index (χ2v) is 7.11. The first-order chi connectivity index (χ1) is 13.6. The van der Waals surface area contributed by atoms with Crippen LogP contribution in [-0.2, 0) is 13.2 Å². The summed E-state index contributed by atoms with van der Waals surface area (Å²) in [5.74, 6) is 1.33. The van der Waals surface area contributed by atoms with Crippen LogP contribution >= 0.6 is 0 Å². The van der Waals surface area contributed by atoms with Crippen molar-refractivity contribution in [1.29, 1.82) is 0 Å². The van der Waals surface area contributed by atoms with E-state index in [0.29, 0.717) is 24.1 Å². The molecule has 2 aromatic rings. The Morgan fingerprint density at radius 3 is 2.57 bits per heavy atom. The molecule has 1 aliphatic heterocycles. The lowest BCUT2D eigenvalue weighted by Crippen LogP contribution is -2.35. The molecule has 0 radical (unpaired) electrons. The van der Waals surface area contributed by atoms with Gasteiger partial charge >= 0.3 is 0 Å². The van der Waals surface area contributed by atoms with Gasteiger partial charge in [0.1, 0.15) is 6.61 Å². The van der Waals surface area contributed by atoms with E-state index >= 15 is 0 Å². The molecule has 1 N–H and O–H groups in total. The number of rotatable bonds is 9. The molecule has 0 aliphatic carbocycles. The van der Waals surface area contributed by atoms with E-state index in [1.165, 1.54) is 31.5 Å². The van der Waals surface area contributed by atoms with E-state index in [4.69, 9.17) is 9.47 Å². The Kier molecular flexibility index (Phi) is 6.84. The Balaban J connectivity index is 1.54. The van der Waals surface area contributed by atoms with Gasteiger partial charge in [-0.25, -0.2) is 0 Å². The van der Waals surface area contributed by atoms with Crippen molar-refractivity contribution in [2.24, 2.45) is 0 Å². The van der Waals surface area contributed by atoms with Gasteiger partial charge in [0.15, 0.2) is 11.5 Å². The lowest BCUT2D eigenvalue weighted by molar-refractivity contribution is -0.384. The fourth-order valence-corrected chi connectivity index (χ4v) is 3.44. The molecule has 2 aromatic carbocycles. The van der Waals surface area contributed by atoms with E-state index in [-0.39, 0.29) is 5.69 Å². The minimum atomic E-state index is -0.412. The molecular formula is C21H27N3O4. The number of non-ortho nitro benzene ring substituents is 1. The number of likely N-dealkylation sites (N-methyl/N-ethyl adjacent to an activating group) is 1. The lowest BCUT2D eigenvalue weighted by atomic mass is 10.1. The largest absolute Gasteiger partial charge is 0.493 e. The van der Waals surface area contributed by atoms with Gasteiger partial charge in [0, 0.05) is 31.3 Å². The molecule has 1 saturated heterocycles. The number of ether oxygens (including phenoxy) is 2. The summed E-state index contributed by atoms with van der Waals surface area (Å²) in [4.78, 5) is 12.7. The Bertz CT molecular complexity index is 795. The first-order valence-corrected chi connectivity index (χ1v) is 9.51. The lowest BCUT2D eigenvalue weighted by Gasteiger charge is -2.20. The highest BCUT2D eigenvalue weighted by Crippen LogP contribution is 2.29. The number of nitrogens with one attached hydrogen (secondary N) is 1. The predicted octanol–water partition coefficient (Wildman–Crippen LogP) is 3.37. The van der Waals surface area contributed by atoms with Crippen molar-refractivity contribution in [2.45, 2.75) is 32.0 Å². The number of hydrogen-bond acceptors (Lipinski definition) is 6. The normalized spacial score (nSPS) is 16.9. The first kappa shape index (κ1) is 20.1. The second-order valence-electron chi connectivity index (χ2n) is 7.11. The molecule has 1 unspecified atom stereocenters. The highest BCUT2D eigenvalue weighted by Gasteiger charge is 2.19. The molecule has 1 atom stereocenters. The first-order valence-electron chi connectivity index (χ1n) is 9.51. The van der Waals surface area contributed by atoms with E-state index in [1.54, 1.807) is 19.2 Å². The average molecular weight is 385 g/mol. The molecule has 0 amide bonds. The quantitative estimate of drug-likeness (QED) is 0.527. The van der Waals surface area contributed by atoms with Crippen molar-refractivity contribution in [3.05, 3.63) is 63.7 Å². The van der Waals surface area contributed by atoms with Crippen LogP contribution in [0.5, 0.6) is 11.5 Å². The molecule has 7 nitrogen and oxygen atoms in total. The van der Waals surface area contributed by atoms with Crippen LogP contribution in [0.15, 0.2) is 42.5 Å². The summed E-state index contributed by atoms with van der Waals surface area (Å²) in [6, 6.07) is 12.9. The Labute approximate surface area is 165 Å². The third kappa shape index (κ3) is 5.21. The molecule has 1 fully saturated rings. The number of nitrogens with zero attached hydrogens (tertiary/aromatic N) is 2. The summed E-state index contributed by atoms with van der Waals surface area (Å²) in [5, 5.41) is 14.2. The van der Waals surface area contributed by atoms with Gasteiger partial charge in [-0.05, 0) is 61.8 Å². The van der Waals surface area contributed by atoms with E-state index in [0.717, 1.165) is 24.2 Å². The maximum Gasteiger partial charge on any atom is 0.269 e. The highest BCUT2D eigenvalue weighted by atomic mass is 16.6. The number of methoxy groups -OCH3 is 1. The summed E-state index contributed by atoms with van der Waals surface area (Å²) in [5.41, 5.74) is 2.07. The molecule has 0 aromatic heterocycles. The zero-order valence-electron chi connectivity index (χ0n) is 16.4. The third-order valence-electron chi connectivity index (χ3n) is 5.15. The fraction of sp³-hybridized carbons (Fsp3) is 0.429. The number of benzene rings is 2. The van der Waals surface area contributed by atoms with Crippen molar-refractivity contribution in [1.82, 2.24) is 10.2 Å². The van der Waals surface area contributed by atoms with E-state index in [9.17, 15) is 10.1 Å². The molecule has 1 aliphatic rings. The summed E-state index contributed by atoms with van der Waals surface area (Å²) < 4.78 is 11.3. The van der Waals surface area contributed by atoms with Gasteiger partial charge < -0.3 is 19.7 Å². The van der Waals surface area contributed by atoms with Crippen LogP contribution in [0, 0.1) is 10.1 Å². The highest BCUT2D eigenvalue weighted by molar-refractivity contribution is 5.43. The van der Waals surface area contributed by atoms with Gasteiger partial charge in [0.2, 0.25) is 0 Å². The summed E-state index contributed by atoms with van der Waals surface area (Å²) >= 11 is 0. The minimum absolute atomic E-state index is 0.0713. The van der Waals surface area contributed by atoms with E-state index in [1.807, 2.05) is 18.2 Å². The minimum Gasteiger partial charge on any atom is -0.493 e. The Morgan fingerprint density at radius 1 is 1.18 bits per heavy atom. The number of nitro benzene ring substituents is 1. The van der Waals surface area contributed by atoms with Crippen LogP contribution in [0.1, 0.15) is 24.0 Å². The van der Waals surface area contributed by atoms with Gasteiger partial charge in [-0.2, -0.15) is 0 Å². The summed E-state index contributed by atoms with van der Waals surface area (Å²) in [6.07, 6.45) is 2.53. The maximum absolute atomic E-state index is 10.7. The van der Waals surface area contributed by atoms with Crippen molar-refractivity contribution in [2.75, 3.05) is 27.2 Å². The second kappa shape index (κ2) is 9.52. The molecule has 3 rings (SSSR count). The molecule has 0 bridgehead atoms. The molecular weight excluding hydrogens is 358 g/mol.